The van der Waals surface area contributed by atoms with Gasteiger partial charge in [0.2, 0.25) is 0 Å². The smallest absolute Gasteiger partial charge is 0.316 e. The van der Waals surface area contributed by atoms with E-state index in [1.54, 1.807) is 24.7 Å². The zero-order valence-electron chi connectivity index (χ0n) is 16.6. The fourth-order valence-electron chi connectivity index (χ4n) is 3.55. The Labute approximate surface area is 171 Å². The molecule has 0 bridgehead atoms. The molecule has 7 heteroatoms. The highest BCUT2D eigenvalue weighted by Gasteiger charge is 2.22. The Balaban J connectivity index is 1.23. The third-order valence-corrected chi connectivity index (χ3v) is 5.09. The third kappa shape index (κ3) is 5.77. The first-order chi connectivity index (χ1) is 14.4. The van der Waals surface area contributed by atoms with E-state index in [4.69, 9.17) is 9.47 Å². The molecular weight excluding hydrogens is 366 g/mol. The largest absolute Gasteiger partial charge is 0.493 e. The van der Waals surface area contributed by atoms with Crippen molar-refractivity contribution in [2.75, 3.05) is 19.7 Å². The molecular formula is C22H27N5O2. The second-order valence-corrected chi connectivity index (χ2v) is 7.23. The van der Waals surface area contributed by atoms with Crippen LogP contribution in [0, 0.1) is 0 Å². The van der Waals surface area contributed by atoms with Gasteiger partial charge >= 0.3 is 6.01 Å². The van der Waals surface area contributed by atoms with Gasteiger partial charge in [-0.15, -0.1) is 0 Å². The lowest BCUT2D eigenvalue weighted by atomic mass is 10.1. The van der Waals surface area contributed by atoms with Gasteiger partial charge in [-0.05, 0) is 31.4 Å². The topological polar surface area (TPSA) is 65.3 Å². The molecule has 1 aliphatic heterocycles. The molecule has 0 unspecified atom stereocenters. The Morgan fingerprint density at radius 2 is 1.83 bits per heavy atom. The number of rotatable bonds is 9. The van der Waals surface area contributed by atoms with Gasteiger partial charge < -0.3 is 14.0 Å². The molecule has 3 aromatic rings. The first-order valence-electron chi connectivity index (χ1n) is 10.2. The van der Waals surface area contributed by atoms with Gasteiger partial charge in [0.25, 0.3) is 0 Å². The van der Waals surface area contributed by atoms with Crippen LogP contribution in [0.2, 0.25) is 0 Å². The van der Waals surface area contributed by atoms with Crippen molar-refractivity contribution in [3.05, 3.63) is 67.0 Å². The summed E-state index contributed by atoms with van der Waals surface area (Å²) in [6.45, 7) is 4.49. The SMILES string of the molecule is c1cnc(OC2CCN(Cc3ccccc3OCCCn3ccnc3)CC2)nc1. The van der Waals surface area contributed by atoms with Crippen molar-refractivity contribution in [3.8, 4) is 11.8 Å². The first-order valence-corrected chi connectivity index (χ1v) is 10.2. The van der Waals surface area contributed by atoms with Gasteiger partial charge in [0.05, 0.1) is 12.9 Å². The standard InChI is InChI=1S/C22H27N5O2/c1-2-6-21(28-16-4-12-27-15-11-23-18-27)19(5-1)17-26-13-7-20(8-14-26)29-22-24-9-3-10-25-22/h1-3,5-6,9-11,15,18,20H,4,7-8,12-14,16-17H2. The number of para-hydroxylation sites is 1. The van der Waals surface area contributed by atoms with E-state index in [2.05, 4.69) is 42.6 Å². The summed E-state index contributed by atoms with van der Waals surface area (Å²) in [4.78, 5) is 14.8. The van der Waals surface area contributed by atoms with Crippen LogP contribution in [-0.2, 0) is 13.1 Å². The fourth-order valence-corrected chi connectivity index (χ4v) is 3.55. The average Bonchev–Trinajstić information content (AvgIpc) is 3.28. The Hall–Kier alpha value is -2.93. The van der Waals surface area contributed by atoms with Crippen molar-refractivity contribution in [2.45, 2.75) is 38.5 Å². The molecule has 1 fully saturated rings. The minimum Gasteiger partial charge on any atom is -0.493 e. The predicted octanol–water partition coefficient (Wildman–Crippen LogP) is 3.19. The molecule has 1 saturated heterocycles. The Bertz CT molecular complexity index is 849. The molecule has 2 aromatic heterocycles. The van der Waals surface area contributed by atoms with E-state index >= 15 is 0 Å². The first kappa shape index (κ1) is 19.4. The summed E-state index contributed by atoms with van der Waals surface area (Å²) in [7, 11) is 0. The maximum Gasteiger partial charge on any atom is 0.316 e. The highest BCUT2D eigenvalue weighted by atomic mass is 16.5. The highest BCUT2D eigenvalue weighted by Crippen LogP contribution is 2.23. The number of imidazole rings is 1. The lowest BCUT2D eigenvalue weighted by Crippen LogP contribution is -2.38. The lowest BCUT2D eigenvalue weighted by molar-refractivity contribution is 0.0887. The lowest BCUT2D eigenvalue weighted by Gasteiger charge is -2.31. The summed E-state index contributed by atoms with van der Waals surface area (Å²) in [6, 6.07) is 10.6. The predicted molar refractivity (Wildman–Crippen MR) is 110 cm³/mol. The fraction of sp³-hybridized carbons (Fsp3) is 0.409. The third-order valence-electron chi connectivity index (χ3n) is 5.09. The van der Waals surface area contributed by atoms with Crippen molar-refractivity contribution < 1.29 is 9.47 Å². The molecule has 0 amide bonds. The highest BCUT2D eigenvalue weighted by molar-refractivity contribution is 5.33. The number of aromatic nitrogens is 4. The van der Waals surface area contributed by atoms with Gasteiger partial charge in [-0.1, -0.05) is 18.2 Å². The van der Waals surface area contributed by atoms with Crippen molar-refractivity contribution in [3.63, 3.8) is 0 Å². The van der Waals surface area contributed by atoms with Crippen molar-refractivity contribution in [1.82, 2.24) is 24.4 Å². The van der Waals surface area contributed by atoms with Crippen LogP contribution in [-0.4, -0.2) is 50.2 Å². The summed E-state index contributed by atoms with van der Waals surface area (Å²) in [5, 5.41) is 0. The van der Waals surface area contributed by atoms with E-state index in [1.807, 2.05) is 18.6 Å². The van der Waals surface area contributed by atoms with E-state index in [0.717, 1.165) is 51.2 Å². The van der Waals surface area contributed by atoms with Crippen LogP contribution in [0.5, 0.6) is 11.8 Å². The number of piperidine rings is 1. The van der Waals surface area contributed by atoms with Crippen molar-refractivity contribution in [1.29, 1.82) is 0 Å². The van der Waals surface area contributed by atoms with Crippen LogP contribution in [0.4, 0.5) is 0 Å². The maximum absolute atomic E-state index is 6.08. The molecule has 0 atom stereocenters. The monoisotopic (exact) mass is 393 g/mol. The summed E-state index contributed by atoms with van der Waals surface area (Å²) < 4.78 is 14.0. The number of hydrogen-bond donors (Lipinski definition) is 0. The van der Waals surface area contributed by atoms with E-state index in [0.29, 0.717) is 12.6 Å². The van der Waals surface area contributed by atoms with Gasteiger partial charge in [0, 0.05) is 56.5 Å². The van der Waals surface area contributed by atoms with Gasteiger partial charge in [0.15, 0.2) is 0 Å². The number of likely N-dealkylation sites (tertiary alicyclic amines) is 1. The normalized spacial score (nSPS) is 15.3. The molecule has 3 heterocycles. The van der Waals surface area contributed by atoms with Crippen LogP contribution in [0.25, 0.3) is 0 Å². The summed E-state index contributed by atoms with van der Waals surface area (Å²) >= 11 is 0. The number of aryl methyl sites for hydroxylation is 1. The summed E-state index contributed by atoms with van der Waals surface area (Å²) in [6.07, 6.45) is 12.1. The summed E-state index contributed by atoms with van der Waals surface area (Å²) in [5.41, 5.74) is 1.24. The maximum atomic E-state index is 6.08. The van der Waals surface area contributed by atoms with E-state index in [1.165, 1.54) is 5.56 Å². The quantitative estimate of drug-likeness (QED) is 0.520. The second kappa shape index (κ2) is 10.0. The molecule has 4 rings (SSSR count). The summed E-state index contributed by atoms with van der Waals surface area (Å²) in [5.74, 6) is 0.981. The molecule has 0 N–H and O–H groups in total. The number of ether oxygens (including phenoxy) is 2. The Morgan fingerprint density at radius 1 is 1.00 bits per heavy atom. The minimum atomic E-state index is 0.184. The van der Waals surface area contributed by atoms with Crippen LogP contribution in [0.3, 0.4) is 0 Å². The average molecular weight is 393 g/mol. The molecule has 0 saturated carbocycles. The molecule has 1 aliphatic rings. The molecule has 0 radical (unpaired) electrons. The van der Waals surface area contributed by atoms with Crippen LogP contribution >= 0.6 is 0 Å². The Kier molecular flexibility index (Phi) is 6.70. The van der Waals surface area contributed by atoms with E-state index in [-0.39, 0.29) is 6.10 Å². The zero-order valence-corrected chi connectivity index (χ0v) is 16.6. The Morgan fingerprint density at radius 3 is 2.62 bits per heavy atom. The van der Waals surface area contributed by atoms with Gasteiger partial charge in [-0.25, -0.2) is 15.0 Å². The second-order valence-electron chi connectivity index (χ2n) is 7.23. The number of hydrogen-bond acceptors (Lipinski definition) is 6. The molecule has 1 aromatic carbocycles. The molecule has 0 aliphatic carbocycles. The number of nitrogens with zero attached hydrogens (tertiary/aromatic N) is 5. The van der Waals surface area contributed by atoms with Crippen molar-refractivity contribution >= 4 is 0 Å². The van der Waals surface area contributed by atoms with Crippen LogP contribution in [0.1, 0.15) is 24.8 Å². The van der Waals surface area contributed by atoms with Crippen LogP contribution in [0.15, 0.2) is 61.4 Å². The molecule has 7 nitrogen and oxygen atoms in total. The number of benzene rings is 1. The van der Waals surface area contributed by atoms with E-state index < -0.39 is 0 Å². The van der Waals surface area contributed by atoms with E-state index in [9.17, 15) is 0 Å². The van der Waals surface area contributed by atoms with Gasteiger partial charge in [-0.3, -0.25) is 4.90 Å². The zero-order chi connectivity index (χ0) is 19.7. The van der Waals surface area contributed by atoms with Gasteiger partial charge in [-0.2, -0.15) is 0 Å². The van der Waals surface area contributed by atoms with Gasteiger partial charge in [0.1, 0.15) is 11.9 Å². The minimum absolute atomic E-state index is 0.184. The van der Waals surface area contributed by atoms with Crippen LogP contribution < -0.4 is 9.47 Å². The molecule has 152 valence electrons. The molecule has 0 spiro atoms. The molecule has 29 heavy (non-hydrogen) atoms. The van der Waals surface area contributed by atoms with Crippen molar-refractivity contribution in [2.24, 2.45) is 0 Å².